The number of para-hydroxylation sites is 1. The lowest BCUT2D eigenvalue weighted by atomic mass is 10.1. The Morgan fingerprint density at radius 2 is 2.12 bits per heavy atom. The zero-order valence-corrected chi connectivity index (χ0v) is 9.73. The van der Waals surface area contributed by atoms with Crippen molar-refractivity contribution in [3.8, 4) is 0 Å². The number of carboxylic acid groups (broad SMARTS) is 1. The summed E-state index contributed by atoms with van der Waals surface area (Å²) in [6.45, 7) is 2.00. The molecule has 1 N–H and O–H groups in total. The highest BCUT2D eigenvalue weighted by molar-refractivity contribution is 5.93. The molecule has 4 heteroatoms. The van der Waals surface area contributed by atoms with Crippen LogP contribution in [0.3, 0.4) is 0 Å². The number of benzene rings is 1. The molecular formula is C13H13NO3. The summed E-state index contributed by atoms with van der Waals surface area (Å²) >= 11 is 0. The number of aryl methyl sites for hydroxylation is 2. The first-order valence-corrected chi connectivity index (χ1v) is 5.41. The first-order valence-electron chi connectivity index (χ1n) is 5.41. The Labute approximate surface area is 98.1 Å². The van der Waals surface area contributed by atoms with Crippen molar-refractivity contribution in [2.75, 3.05) is 0 Å². The van der Waals surface area contributed by atoms with Gasteiger partial charge in [0, 0.05) is 7.05 Å². The van der Waals surface area contributed by atoms with Crippen molar-refractivity contribution in [2.24, 2.45) is 7.05 Å². The molecule has 0 atom stereocenters. The molecule has 0 saturated heterocycles. The number of rotatable bonds is 2. The molecule has 2 aromatic rings. The molecule has 1 aromatic heterocycles. The van der Waals surface area contributed by atoms with E-state index in [0.717, 1.165) is 22.9 Å². The molecule has 0 spiro atoms. The Balaban J connectivity index is 2.96. The monoisotopic (exact) mass is 231 g/mol. The van der Waals surface area contributed by atoms with Crippen molar-refractivity contribution in [1.82, 2.24) is 4.57 Å². The first kappa shape index (κ1) is 11.4. The predicted molar refractivity (Wildman–Crippen MR) is 65.5 cm³/mol. The summed E-state index contributed by atoms with van der Waals surface area (Å²) < 4.78 is 1.41. The maximum Gasteiger partial charge on any atom is 0.341 e. The SMILES string of the molecule is CCc1cccc2cc(C(=O)O)c(=O)n(C)c12. The maximum absolute atomic E-state index is 11.9. The summed E-state index contributed by atoms with van der Waals surface area (Å²) in [5.41, 5.74) is 1.20. The molecule has 0 aliphatic heterocycles. The lowest BCUT2D eigenvalue weighted by molar-refractivity contribution is 0.0694. The minimum Gasteiger partial charge on any atom is -0.477 e. The van der Waals surface area contributed by atoms with Crippen molar-refractivity contribution in [3.63, 3.8) is 0 Å². The van der Waals surface area contributed by atoms with E-state index in [0.29, 0.717) is 0 Å². The minimum absolute atomic E-state index is 0.187. The number of pyridine rings is 1. The van der Waals surface area contributed by atoms with Crippen LogP contribution in [0.25, 0.3) is 10.9 Å². The summed E-state index contributed by atoms with van der Waals surface area (Å²) in [6.07, 6.45) is 0.803. The van der Waals surface area contributed by atoms with Gasteiger partial charge in [-0.05, 0) is 23.4 Å². The summed E-state index contributed by atoms with van der Waals surface area (Å²) in [4.78, 5) is 22.8. The summed E-state index contributed by atoms with van der Waals surface area (Å²) in [5.74, 6) is -1.19. The number of hydrogen-bond acceptors (Lipinski definition) is 2. The molecule has 2 rings (SSSR count). The van der Waals surface area contributed by atoms with Crippen LogP contribution in [0.15, 0.2) is 29.1 Å². The summed E-state index contributed by atoms with van der Waals surface area (Å²) in [7, 11) is 1.61. The predicted octanol–water partition coefficient (Wildman–Crippen LogP) is 1.80. The van der Waals surface area contributed by atoms with Crippen LogP contribution in [-0.2, 0) is 13.5 Å². The van der Waals surface area contributed by atoms with Crippen LogP contribution >= 0.6 is 0 Å². The van der Waals surface area contributed by atoms with Crippen LogP contribution < -0.4 is 5.56 Å². The number of fused-ring (bicyclic) bond motifs is 1. The zero-order chi connectivity index (χ0) is 12.6. The van der Waals surface area contributed by atoms with E-state index in [1.807, 2.05) is 25.1 Å². The molecule has 0 radical (unpaired) electrons. The molecule has 17 heavy (non-hydrogen) atoms. The Morgan fingerprint density at radius 3 is 2.71 bits per heavy atom. The fourth-order valence-corrected chi connectivity index (χ4v) is 2.07. The van der Waals surface area contributed by atoms with Crippen LogP contribution in [0, 0.1) is 0 Å². The second kappa shape index (κ2) is 4.05. The van der Waals surface area contributed by atoms with Crippen molar-refractivity contribution in [1.29, 1.82) is 0 Å². The van der Waals surface area contributed by atoms with Gasteiger partial charge in [-0.15, -0.1) is 0 Å². The molecular weight excluding hydrogens is 218 g/mol. The van der Waals surface area contributed by atoms with Gasteiger partial charge >= 0.3 is 5.97 Å². The van der Waals surface area contributed by atoms with Crippen molar-refractivity contribution < 1.29 is 9.90 Å². The van der Waals surface area contributed by atoms with Gasteiger partial charge in [0.1, 0.15) is 5.56 Å². The van der Waals surface area contributed by atoms with Crippen LogP contribution in [0.1, 0.15) is 22.8 Å². The van der Waals surface area contributed by atoms with Crippen LogP contribution in [0.5, 0.6) is 0 Å². The molecule has 0 aliphatic carbocycles. The van der Waals surface area contributed by atoms with Gasteiger partial charge in [-0.3, -0.25) is 4.79 Å². The molecule has 0 fully saturated rings. The fourth-order valence-electron chi connectivity index (χ4n) is 2.07. The molecule has 0 aliphatic rings. The highest BCUT2D eigenvalue weighted by Crippen LogP contribution is 2.18. The van der Waals surface area contributed by atoms with Crippen molar-refractivity contribution in [3.05, 3.63) is 45.7 Å². The van der Waals surface area contributed by atoms with Gasteiger partial charge in [-0.2, -0.15) is 0 Å². The molecule has 1 aromatic carbocycles. The topological polar surface area (TPSA) is 59.3 Å². The van der Waals surface area contributed by atoms with E-state index in [2.05, 4.69) is 0 Å². The van der Waals surface area contributed by atoms with E-state index < -0.39 is 11.5 Å². The van der Waals surface area contributed by atoms with Gasteiger partial charge in [-0.1, -0.05) is 25.1 Å². The average Bonchev–Trinajstić information content (AvgIpc) is 2.32. The largest absolute Gasteiger partial charge is 0.477 e. The second-order valence-corrected chi connectivity index (χ2v) is 3.94. The normalized spacial score (nSPS) is 10.7. The Bertz CT molecular complexity index is 655. The van der Waals surface area contributed by atoms with Crippen molar-refractivity contribution in [2.45, 2.75) is 13.3 Å². The molecule has 1 heterocycles. The molecule has 0 saturated carbocycles. The number of carbonyl (C=O) groups is 1. The molecule has 0 amide bonds. The average molecular weight is 231 g/mol. The van der Waals surface area contributed by atoms with E-state index in [4.69, 9.17) is 5.11 Å². The van der Waals surface area contributed by atoms with Gasteiger partial charge in [0.15, 0.2) is 0 Å². The number of aromatic carboxylic acids is 1. The number of aromatic nitrogens is 1. The van der Waals surface area contributed by atoms with Gasteiger partial charge in [0.05, 0.1) is 5.52 Å². The summed E-state index contributed by atoms with van der Waals surface area (Å²) in [5, 5.41) is 9.74. The third-order valence-electron chi connectivity index (χ3n) is 2.93. The highest BCUT2D eigenvalue weighted by atomic mass is 16.4. The molecule has 4 nitrogen and oxygen atoms in total. The number of nitrogens with zero attached hydrogens (tertiary/aromatic N) is 1. The Kier molecular flexibility index (Phi) is 2.71. The van der Waals surface area contributed by atoms with Gasteiger partial charge in [0.25, 0.3) is 5.56 Å². The minimum atomic E-state index is -1.19. The van der Waals surface area contributed by atoms with Gasteiger partial charge in [0.2, 0.25) is 0 Å². The second-order valence-electron chi connectivity index (χ2n) is 3.94. The maximum atomic E-state index is 11.9. The first-order chi connectivity index (χ1) is 8.06. The van der Waals surface area contributed by atoms with Crippen LogP contribution in [0.2, 0.25) is 0 Å². The van der Waals surface area contributed by atoms with E-state index in [1.165, 1.54) is 10.6 Å². The number of carboxylic acids is 1. The van der Waals surface area contributed by atoms with E-state index >= 15 is 0 Å². The third-order valence-corrected chi connectivity index (χ3v) is 2.93. The Hall–Kier alpha value is -2.10. The van der Waals surface area contributed by atoms with E-state index in [9.17, 15) is 9.59 Å². The Morgan fingerprint density at radius 1 is 1.41 bits per heavy atom. The van der Waals surface area contributed by atoms with Gasteiger partial charge < -0.3 is 9.67 Å². The number of hydrogen-bond donors (Lipinski definition) is 1. The molecule has 88 valence electrons. The van der Waals surface area contributed by atoms with E-state index in [-0.39, 0.29) is 5.56 Å². The molecule has 0 bridgehead atoms. The molecule has 0 unspecified atom stereocenters. The fraction of sp³-hybridized carbons (Fsp3) is 0.231. The van der Waals surface area contributed by atoms with Crippen LogP contribution in [-0.4, -0.2) is 15.6 Å². The standard InChI is InChI=1S/C13H13NO3/c1-3-8-5-4-6-9-7-10(13(16)17)12(15)14(2)11(8)9/h4-7H,3H2,1-2H3,(H,16,17). The summed E-state index contributed by atoms with van der Waals surface area (Å²) in [6, 6.07) is 7.08. The highest BCUT2D eigenvalue weighted by Gasteiger charge is 2.13. The quantitative estimate of drug-likeness (QED) is 0.857. The van der Waals surface area contributed by atoms with E-state index in [1.54, 1.807) is 7.05 Å². The smallest absolute Gasteiger partial charge is 0.341 e. The lowest BCUT2D eigenvalue weighted by Crippen LogP contribution is -2.24. The van der Waals surface area contributed by atoms with Gasteiger partial charge in [-0.25, -0.2) is 4.79 Å². The van der Waals surface area contributed by atoms with Crippen LogP contribution in [0.4, 0.5) is 0 Å². The zero-order valence-electron chi connectivity index (χ0n) is 9.73. The third kappa shape index (κ3) is 1.71. The van der Waals surface area contributed by atoms with Crippen molar-refractivity contribution >= 4 is 16.9 Å². The lowest BCUT2D eigenvalue weighted by Gasteiger charge is -2.10.